The molecule has 1 aromatic carbocycles. The number of aryl methyl sites for hydroxylation is 1. The van der Waals surface area contributed by atoms with Crippen LogP contribution in [-0.4, -0.2) is 5.71 Å². The van der Waals surface area contributed by atoms with Gasteiger partial charge in [-0.05, 0) is 43.4 Å². The van der Waals surface area contributed by atoms with Crippen LogP contribution in [0.25, 0.3) is 0 Å². The average Bonchev–Trinajstić information content (AvgIpc) is 2.61. The number of benzene rings is 1. The van der Waals surface area contributed by atoms with Gasteiger partial charge in [0.1, 0.15) is 0 Å². The summed E-state index contributed by atoms with van der Waals surface area (Å²) in [6.45, 7) is 8.99. The highest BCUT2D eigenvalue weighted by molar-refractivity contribution is 6.00. The molecule has 1 heteroatoms. The number of rotatable bonds is 4. The Bertz CT molecular complexity index is 439. The number of hydrogen-bond acceptors (Lipinski definition) is 1. The van der Waals surface area contributed by atoms with E-state index >= 15 is 0 Å². The van der Waals surface area contributed by atoms with Crippen molar-refractivity contribution in [1.29, 1.82) is 0 Å². The van der Waals surface area contributed by atoms with Crippen LogP contribution in [0.4, 0.5) is 5.69 Å². The highest BCUT2D eigenvalue weighted by Gasteiger charge is 2.37. The molecule has 0 atom stereocenters. The van der Waals surface area contributed by atoms with Crippen molar-refractivity contribution in [3.05, 3.63) is 29.3 Å². The lowest BCUT2D eigenvalue weighted by molar-refractivity contribution is 0.542. The predicted octanol–water partition coefficient (Wildman–Crippen LogP) is 4.80. The molecular weight excluding hydrogens is 206 g/mol. The van der Waals surface area contributed by atoms with E-state index in [4.69, 9.17) is 4.99 Å². The smallest absolute Gasteiger partial charge is 0.0670 e. The van der Waals surface area contributed by atoms with Crippen LogP contribution in [0.2, 0.25) is 0 Å². The van der Waals surface area contributed by atoms with Crippen molar-refractivity contribution < 1.29 is 0 Å². The molecule has 0 aromatic heterocycles. The minimum Gasteiger partial charge on any atom is -0.257 e. The zero-order valence-electron chi connectivity index (χ0n) is 11.5. The SMILES string of the molecule is CCCc1ccc2c(c1)C(CC)(CC)C(C)=N2. The van der Waals surface area contributed by atoms with Gasteiger partial charge in [-0.25, -0.2) is 0 Å². The van der Waals surface area contributed by atoms with Gasteiger partial charge < -0.3 is 0 Å². The molecular formula is C16H23N. The molecule has 0 fully saturated rings. The van der Waals surface area contributed by atoms with Crippen molar-refractivity contribution in [2.45, 2.75) is 58.8 Å². The molecule has 0 bridgehead atoms. The maximum atomic E-state index is 4.77. The fraction of sp³-hybridized carbons (Fsp3) is 0.562. The highest BCUT2D eigenvalue weighted by Crippen LogP contribution is 2.45. The summed E-state index contributed by atoms with van der Waals surface area (Å²) < 4.78 is 0. The first-order chi connectivity index (χ1) is 8.17. The fourth-order valence-electron chi connectivity index (χ4n) is 3.13. The number of hydrogen-bond donors (Lipinski definition) is 0. The van der Waals surface area contributed by atoms with E-state index in [0.717, 1.165) is 12.8 Å². The second-order valence-electron chi connectivity index (χ2n) is 5.09. The summed E-state index contributed by atoms with van der Waals surface area (Å²) in [5.41, 5.74) is 5.63. The van der Waals surface area contributed by atoms with E-state index in [1.54, 1.807) is 0 Å². The monoisotopic (exact) mass is 229 g/mol. The van der Waals surface area contributed by atoms with E-state index in [2.05, 4.69) is 45.9 Å². The first-order valence-corrected chi connectivity index (χ1v) is 6.87. The molecule has 1 aliphatic heterocycles. The minimum absolute atomic E-state index is 0.207. The van der Waals surface area contributed by atoms with Gasteiger partial charge in [0, 0.05) is 11.1 Å². The molecule has 0 saturated heterocycles. The second-order valence-corrected chi connectivity index (χ2v) is 5.09. The van der Waals surface area contributed by atoms with Crippen molar-refractivity contribution in [2.24, 2.45) is 4.99 Å². The molecule has 0 amide bonds. The first-order valence-electron chi connectivity index (χ1n) is 6.87. The van der Waals surface area contributed by atoms with Gasteiger partial charge in [-0.1, -0.05) is 39.3 Å². The van der Waals surface area contributed by atoms with Gasteiger partial charge in [0.05, 0.1) is 5.69 Å². The third kappa shape index (κ3) is 1.82. The van der Waals surface area contributed by atoms with Crippen LogP contribution >= 0.6 is 0 Å². The van der Waals surface area contributed by atoms with Gasteiger partial charge in [0.2, 0.25) is 0 Å². The van der Waals surface area contributed by atoms with Crippen LogP contribution in [-0.2, 0) is 11.8 Å². The van der Waals surface area contributed by atoms with Crippen molar-refractivity contribution in [3.8, 4) is 0 Å². The summed E-state index contributed by atoms with van der Waals surface area (Å²) >= 11 is 0. The topological polar surface area (TPSA) is 12.4 Å². The van der Waals surface area contributed by atoms with E-state index in [-0.39, 0.29) is 5.41 Å². The Morgan fingerprint density at radius 3 is 2.41 bits per heavy atom. The quantitative estimate of drug-likeness (QED) is 0.703. The van der Waals surface area contributed by atoms with E-state index in [0.29, 0.717) is 0 Å². The van der Waals surface area contributed by atoms with Crippen LogP contribution in [0, 0.1) is 0 Å². The van der Waals surface area contributed by atoms with E-state index in [1.807, 2.05) is 0 Å². The van der Waals surface area contributed by atoms with Gasteiger partial charge in [-0.3, -0.25) is 4.99 Å². The molecule has 0 aliphatic carbocycles. The summed E-state index contributed by atoms with van der Waals surface area (Å²) in [7, 11) is 0. The summed E-state index contributed by atoms with van der Waals surface area (Å²) in [5, 5.41) is 0. The zero-order valence-corrected chi connectivity index (χ0v) is 11.5. The lowest BCUT2D eigenvalue weighted by Gasteiger charge is -2.28. The number of fused-ring (bicyclic) bond motifs is 1. The Balaban J connectivity index is 2.50. The molecule has 0 spiro atoms. The maximum Gasteiger partial charge on any atom is 0.0670 e. The highest BCUT2D eigenvalue weighted by atomic mass is 14.8. The van der Waals surface area contributed by atoms with Crippen LogP contribution < -0.4 is 0 Å². The maximum absolute atomic E-state index is 4.77. The molecule has 0 radical (unpaired) electrons. The molecule has 0 unspecified atom stereocenters. The summed E-state index contributed by atoms with van der Waals surface area (Å²) in [6, 6.07) is 6.84. The van der Waals surface area contributed by atoms with Crippen LogP contribution in [0.1, 0.15) is 58.1 Å². The van der Waals surface area contributed by atoms with Gasteiger partial charge in [0.15, 0.2) is 0 Å². The van der Waals surface area contributed by atoms with E-state index in [9.17, 15) is 0 Å². The standard InChI is InChI=1S/C16H23N/c1-5-8-13-9-10-15-14(11-13)16(6-2,7-3)12(4)17-15/h9-11H,5-8H2,1-4H3. The van der Waals surface area contributed by atoms with Crippen molar-refractivity contribution in [1.82, 2.24) is 0 Å². The molecule has 1 nitrogen and oxygen atoms in total. The normalized spacial score (nSPS) is 16.8. The van der Waals surface area contributed by atoms with Crippen molar-refractivity contribution in [2.75, 3.05) is 0 Å². The Morgan fingerprint density at radius 1 is 1.12 bits per heavy atom. The van der Waals surface area contributed by atoms with Crippen LogP contribution in [0.5, 0.6) is 0 Å². The largest absolute Gasteiger partial charge is 0.257 e. The molecule has 1 aromatic rings. The third-order valence-corrected chi connectivity index (χ3v) is 4.30. The second kappa shape index (κ2) is 4.64. The van der Waals surface area contributed by atoms with E-state index < -0.39 is 0 Å². The van der Waals surface area contributed by atoms with Gasteiger partial charge >= 0.3 is 0 Å². The van der Waals surface area contributed by atoms with Crippen LogP contribution in [0.3, 0.4) is 0 Å². The predicted molar refractivity (Wildman–Crippen MR) is 75.5 cm³/mol. The van der Waals surface area contributed by atoms with Crippen molar-refractivity contribution in [3.63, 3.8) is 0 Å². The van der Waals surface area contributed by atoms with Gasteiger partial charge in [-0.15, -0.1) is 0 Å². The van der Waals surface area contributed by atoms with Crippen molar-refractivity contribution >= 4 is 11.4 Å². The minimum atomic E-state index is 0.207. The Kier molecular flexibility index (Phi) is 3.37. The third-order valence-electron chi connectivity index (χ3n) is 4.30. The molecule has 1 aliphatic rings. The Morgan fingerprint density at radius 2 is 1.82 bits per heavy atom. The van der Waals surface area contributed by atoms with Gasteiger partial charge in [-0.2, -0.15) is 0 Å². The lowest BCUT2D eigenvalue weighted by atomic mass is 9.73. The molecule has 1 heterocycles. The summed E-state index contributed by atoms with van der Waals surface area (Å²) in [6.07, 6.45) is 4.70. The van der Waals surface area contributed by atoms with Crippen LogP contribution in [0.15, 0.2) is 23.2 Å². The summed E-state index contributed by atoms with van der Waals surface area (Å²) in [4.78, 5) is 4.77. The lowest BCUT2D eigenvalue weighted by Crippen LogP contribution is -2.29. The number of nitrogens with zero attached hydrogens (tertiary/aromatic N) is 1. The summed E-state index contributed by atoms with van der Waals surface area (Å²) in [5.74, 6) is 0. The first kappa shape index (κ1) is 12.3. The average molecular weight is 229 g/mol. The molecule has 92 valence electrons. The number of aliphatic imine (C=N–C) groups is 1. The fourth-order valence-corrected chi connectivity index (χ4v) is 3.13. The Labute approximate surface area is 105 Å². The van der Waals surface area contributed by atoms with E-state index in [1.165, 1.54) is 35.4 Å². The molecule has 17 heavy (non-hydrogen) atoms. The molecule has 0 N–H and O–H groups in total. The molecule has 2 rings (SSSR count). The zero-order chi connectivity index (χ0) is 12.5. The Hall–Kier alpha value is -1.11. The van der Waals surface area contributed by atoms with Gasteiger partial charge in [0.25, 0.3) is 0 Å². The molecule has 0 saturated carbocycles.